The zero-order chi connectivity index (χ0) is 15.8. The first-order valence-electron chi connectivity index (χ1n) is 6.71. The molecule has 1 aliphatic heterocycles. The van der Waals surface area contributed by atoms with Gasteiger partial charge in [0, 0.05) is 24.2 Å². The zero-order valence-electron chi connectivity index (χ0n) is 11.9. The average Bonchev–Trinajstić information content (AvgIpc) is 2.67. The number of nitrogens with zero attached hydrogens (tertiary/aromatic N) is 2. The number of alkyl halides is 3. The number of hydrogen-bond acceptors (Lipinski definition) is 3. The molecule has 0 atom stereocenters. The van der Waals surface area contributed by atoms with Crippen molar-refractivity contribution in [1.29, 1.82) is 0 Å². The first-order chi connectivity index (χ1) is 9.61. The van der Waals surface area contributed by atoms with Crippen LogP contribution < -0.4 is 0 Å². The van der Waals surface area contributed by atoms with Crippen LogP contribution in [0, 0.1) is 10.1 Å². The molecule has 2 rings (SSSR count). The van der Waals surface area contributed by atoms with Crippen molar-refractivity contribution in [2.24, 2.45) is 0 Å². The van der Waals surface area contributed by atoms with Gasteiger partial charge in [-0.3, -0.25) is 15.0 Å². The normalized spacial score (nSPS) is 18.9. The van der Waals surface area contributed by atoms with Crippen molar-refractivity contribution in [3.05, 3.63) is 39.4 Å². The van der Waals surface area contributed by atoms with Gasteiger partial charge in [-0.05, 0) is 38.8 Å². The van der Waals surface area contributed by atoms with E-state index in [-0.39, 0.29) is 17.6 Å². The summed E-state index contributed by atoms with van der Waals surface area (Å²) in [6.07, 6.45) is -2.71. The lowest BCUT2D eigenvalue weighted by Gasteiger charge is -2.32. The molecule has 4 nitrogen and oxygen atoms in total. The van der Waals surface area contributed by atoms with Gasteiger partial charge in [0.25, 0.3) is 5.69 Å². The first-order valence-corrected chi connectivity index (χ1v) is 6.71. The Kier molecular flexibility index (Phi) is 3.97. The Hall–Kier alpha value is -1.63. The Morgan fingerprint density at radius 1 is 1.38 bits per heavy atom. The second kappa shape index (κ2) is 5.29. The minimum atomic E-state index is -4.59. The molecule has 0 unspecified atom stereocenters. The molecule has 0 radical (unpaired) electrons. The molecule has 0 aromatic heterocycles. The molecule has 0 spiro atoms. The van der Waals surface area contributed by atoms with Crippen molar-refractivity contribution in [2.45, 2.75) is 44.9 Å². The van der Waals surface area contributed by atoms with E-state index in [9.17, 15) is 23.3 Å². The van der Waals surface area contributed by atoms with Crippen LogP contribution in [0.25, 0.3) is 0 Å². The maximum absolute atomic E-state index is 13.1. The summed E-state index contributed by atoms with van der Waals surface area (Å²) in [4.78, 5) is 11.8. The lowest BCUT2D eigenvalue weighted by Crippen LogP contribution is -2.37. The van der Waals surface area contributed by atoms with Gasteiger partial charge in [-0.2, -0.15) is 13.2 Å². The van der Waals surface area contributed by atoms with E-state index in [1.165, 1.54) is 6.07 Å². The smallest absolute Gasteiger partial charge is 0.294 e. The van der Waals surface area contributed by atoms with E-state index in [0.29, 0.717) is 6.07 Å². The second-order valence-electron chi connectivity index (χ2n) is 5.93. The predicted octanol–water partition coefficient (Wildman–Crippen LogP) is 3.99. The molecule has 0 aliphatic carbocycles. The van der Waals surface area contributed by atoms with Gasteiger partial charge < -0.3 is 0 Å². The largest absolute Gasteiger partial charge is 0.416 e. The summed E-state index contributed by atoms with van der Waals surface area (Å²) < 4.78 is 39.4. The number of halogens is 3. The number of nitro groups is 1. The van der Waals surface area contributed by atoms with Crippen molar-refractivity contribution in [3.63, 3.8) is 0 Å². The average molecular weight is 302 g/mol. The van der Waals surface area contributed by atoms with Crippen molar-refractivity contribution < 1.29 is 18.1 Å². The van der Waals surface area contributed by atoms with Crippen LogP contribution >= 0.6 is 0 Å². The second-order valence-corrected chi connectivity index (χ2v) is 5.93. The number of rotatable bonds is 3. The molecule has 0 saturated carbocycles. The maximum atomic E-state index is 13.1. The topological polar surface area (TPSA) is 46.4 Å². The van der Waals surface area contributed by atoms with E-state index in [1.54, 1.807) is 0 Å². The van der Waals surface area contributed by atoms with E-state index in [1.807, 2.05) is 18.7 Å². The minimum Gasteiger partial charge on any atom is -0.294 e. The number of non-ortho nitro benzene ring substituents is 1. The molecule has 0 amide bonds. The van der Waals surface area contributed by atoms with Gasteiger partial charge in [0.2, 0.25) is 0 Å². The Balaban J connectivity index is 2.37. The summed E-state index contributed by atoms with van der Waals surface area (Å²) in [5.74, 6) is 0. The molecular formula is C14H17F3N2O2. The van der Waals surface area contributed by atoms with Gasteiger partial charge in [0.1, 0.15) is 0 Å². The Morgan fingerprint density at radius 3 is 2.52 bits per heavy atom. The molecule has 1 aromatic carbocycles. The predicted molar refractivity (Wildman–Crippen MR) is 71.8 cm³/mol. The van der Waals surface area contributed by atoms with Gasteiger partial charge in [0.05, 0.1) is 10.5 Å². The van der Waals surface area contributed by atoms with Crippen LogP contribution in [-0.4, -0.2) is 21.9 Å². The highest BCUT2D eigenvalue weighted by Crippen LogP contribution is 2.37. The summed E-state index contributed by atoms with van der Waals surface area (Å²) in [6.45, 7) is 4.89. The third kappa shape index (κ3) is 3.34. The summed E-state index contributed by atoms with van der Waals surface area (Å²) in [5.41, 5.74) is -1.51. The maximum Gasteiger partial charge on any atom is 0.416 e. The molecule has 1 aliphatic rings. The lowest BCUT2D eigenvalue weighted by atomic mass is 10.00. The first kappa shape index (κ1) is 15.8. The quantitative estimate of drug-likeness (QED) is 0.626. The van der Waals surface area contributed by atoms with Crippen LogP contribution in [0.15, 0.2) is 18.2 Å². The van der Waals surface area contributed by atoms with Gasteiger partial charge in [-0.15, -0.1) is 0 Å². The highest BCUT2D eigenvalue weighted by Gasteiger charge is 2.37. The van der Waals surface area contributed by atoms with Crippen LogP contribution in [0.5, 0.6) is 0 Å². The summed E-state index contributed by atoms with van der Waals surface area (Å²) in [5, 5.41) is 10.7. The van der Waals surface area contributed by atoms with Crippen molar-refractivity contribution in [3.8, 4) is 0 Å². The van der Waals surface area contributed by atoms with E-state index in [0.717, 1.165) is 25.5 Å². The molecule has 1 fully saturated rings. The van der Waals surface area contributed by atoms with E-state index in [4.69, 9.17) is 0 Å². The van der Waals surface area contributed by atoms with E-state index >= 15 is 0 Å². The molecule has 7 heteroatoms. The highest BCUT2D eigenvalue weighted by molar-refractivity contribution is 5.41. The van der Waals surface area contributed by atoms with Gasteiger partial charge >= 0.3 is 6.18 Å². The lowest BCUT2D eigenvalue weighted by molar-refractivity contribution is -0.385. The molecule has 21 heavy (non-hydrogen) atoms. The van der Waals surface area contributed by atoms with Gasteiger partial charge in [-0.1, -0.05) is 6.07 Å². The molecule has 1 heterocycles. The third-order valence-electron chi connectivity index (χ3n) is 4.04. The standard InChI is InChI=1S/C14H17F3N2O2/c1-13(2)6-3-7-18(13)9-10-4-5-11(19(20)21)8-12(10)14(15,16)17/h4-5,8H,3,6-7,9H2,1-2H3. The van der Waals surface area contributed by atoms with Gasteiger partial charge in [0.15, 0.2) is 0 Å². The molecule has 1 aromatic rings. The third-order valence-corrected chi connectivity index (χ3v) is 4.04. The monoisotopic (exact) mass is 302 g/mol. The van der Waals surface area contributed by atoms with Gasteiger partial charge in [-0.25, -0.2) is 0 Å². The summed E-state index contributed by atoms with van der Waals surface area (Å²) in [6, 6.07) is 2.97. The summed E-state index contributed by atoms with van der Waals surface area (Å²) in [7, 11) is 0. The van der Waals surface area contributed by atoms with Crippen LogP contribution in [0.3, 0.4) is 0 Å². The molecular weight excluding hydrogens is 285 g/mol. The molecule has 116 valence electrons. The fourth-order valence-electron chi connectivity index (χ4n) is 2.74. The van der Waals surface area contributed by atoms with E-state index in [2.05, 4.69) is 0 Å². The number of likely N-dealkylation sites (tertiary alicyclic amines) is 1. The van der Waals surface area contributed by atoms with Crippen LogP contribution in [-0.2, 0) is 12.7 Å². The highest BCUT2D eigenvalue weighted by atomic mass is 19.4. The molecule has 0 bridgehead atoms. The SMILES string of the molecule is CC1(C)CCCN1Cc1ccc([N+](=O)[O-])cc1C(F)(F)F. The molecule has 1 saturated heterocycles. The number of benzene rings is 1. The number of hydrogen-bond donors (Lipinski definition) is 0. The van der Waals surface area contributed by atoms with Crippen LogP contribution in [0.2, 0.25) is 0 Å². The molecule has 0 N–H and O–H groups in total. The fraction of sp³-hybridized carbons (Fsp3) is 0.571. The van der Waals surface area contributed by atoms with Crippen LogP contribution in [0.4, 0.5) is 18.9 Å². The van der Waals surface area contributed by atoms with Crippen molar-refractivity contribution >= 4 is 5.69 Å². The summed E-state index contributed by atoms with van der Waals surface area (Å²) >= 11 is 0. The zero-order valence-corrected chi connectivity index (χ0v) is 11.9. The Labute approximate surface area is 120 Å². The Morgan fingerprint density at radius 2 is 2.05 bits per heavy atom. The minimum absolute atomic E-state index is 0.0862. The van der Waals surface area contributed by atoms with Crippen molar-refractivity contribution in [2.75, 3.05) is 6.54 Å². The van der Waals surface area contributed by atoms with Crippen molar-refractivity contribution in [1.82, 2.24) is 4.90 Å². The number of nitro benzene ring substituents is 1. The van der Waals surface area contributed by atoms with E-state index < -0.39 is 22.4 Å². The fourth-order valence-corrected chi connectivity index (χ4v) is 2.74. The Bertz CT molecular complexity index is 556. The van der Waals surface area contributed by atoms with Crippen LogP contribution in [0.1, 0.15) is 37.8 Å².